The van der Waals surface area contributed by atoms with E-state index < -0.39 is 7.49 Å². The van der Waals surface area contributed by atoms with Gasteiger partial charge in [-0.25, -0.2) is 0 Å². The standard InChI is InChI=1S/C22H25O2P/c1-16-14-17(2)21(18(3)15-16)22(23)25(24,19-10-6-4-7-11-19)20-12-8-5-9-13-20/h4-14,18,24-25H,15H2,1-3H3. The van der Waals surface area contributed by atoms with Gasteiger partial charge in [-0.3, -0.25) is 0 Å². The molecule has 1 atom stereocenters. The van der Waals surface area contributed by atoms with Gasteiger partial charge in [0.25, 0.3) is 0 Å². The Morgan fingerprint density at radius 3 is 1.88 bits per heavy atom. The van der Waals surface area contributed by atoms with Crippen LogP contribution in [-0.4, -0.2) is 10.4 Å². The van der Waals surface area contributed by atoms with Crippen molar-refractivity contribution in [2.24, 2.45) is 5.92 Å². The van der Waals surface area contributed by atoms with E-state index in [4.69, 9.17) is 0 Å². The van der Waals surface area contributed by atoms with Crippen LogP contribution in [-0.2, 0) is 4.79 Å². The summed E-state index contributed by atoms with van der Waals surface area (Å²) < 4.78 is 0. The second-order valence-corrected chi connectivity index (χ2v) is 9.99. The average molecular weight is 352 g/mol. The van der Waals surface area contributed by atoms with Gasteiger partial charge in [-0.2, -0.15) is 0 Å². The molecule has 0 heterocycles. The van der Waals surface area contributed by atoms with E-state index in [0.717, 1.165) is 28.2 Å². The van der Waals surface area contributed by atoms with Gasteiger partial charge in [-0.05, 0) is 0 Å². The Bertz CT molecular complexity index is 795. The van der Waals surface area contributed by atoms with Gasteiger partial charge in [0.05, 0.1) is 0 Å². The van der Waals surface area contributed by atoms with Crippen molar-refractivity contribution in [2.75, 3.05) is 0 Å². The molecule has 2 aromatic rings. The molecule has 0 radical (unpaired) electrons. The third-order valence-corrected chi connectivity index (χ3v) is 8.23. The maximum atomic E-state index is 13.7. The van der Waals surface area contributed by atoms with Gasteiger partial charge in [0.2, 0.25) is 0 Å². The first-order valence-corrected chi connectivity index (χ1v) is 10.7. The van der Waals surface area contributed by atoms with Gasteiger partial charge in [-0.1, -0.05) is 0 Å². The molecule has 0 saturated heterocycles. The molecule has 130 valence electrons. The summed E-state index contributed by atoms with van der Waals surface area (Å²) in [6.07, 6.45) is 2.95. The molecule has 0 aliphatic heterocycles. The number of carbonyl (C=O) groups excluding carboxylic acids is 1. The van der Waals surface area contributed by atoms with Gasteiger partial charge in [0, 0.05) is 0 Å². The molecule has 1 aliphatic carbocycles. The van der Waals surface area contributed by atoms with E-state index in [1.807, 2.05) is 67.6 Å². The zero-order valence-corrected chi connectivity index (χ0v) is 16.0. The Morgan fingerprint density at radius 1 is 0.960 bits per heavy atom. The Hall–Kier alpha value is -2.02. The van der Waals surface area contributed by atoms with E-state index in [1.54, 1.807) is 0 Å². The van der Waals surface area contributed by atoms with E-state index in [9.17, 15) is 9.69 Å². The zero-order chi connectivity index (χ0) is 18.0. The first-order chi connectivity index (χ1) is 11.9. The number of carbonyl (C=O) groups is 1. The molecule has 0 aromatic heterocycles. The molecule has 0 amide bonds. The Labute approximate surface area is 150 Å². The molecule has 0 bridgehead atoms. The van der Waals surface area contributed by atoms with Crippen LogP contribution in [0.3, 0.4) is 0 Å². The molecule has 2 aromatic carbocycles. The Kier molecular flexibility index (Phi) is 5.03. The normalized spacial score (nSPS) is 18.7. The van der Waals surface area contributed by atoms with Crippen molar-refractivity contribution < 1.29 is 9.69 Å². The van der Waals surface area contributed by atoms with Crippen molar-refractivity contribution in [1.82, 2.24) is 0 Å². The van der Waals surface area contributed by atoms with Crippen LogP contribution in [0.15, 0.2) is 83.5 Å². The fraction of sp³-hybridized carbons (Fsp3) is 0.227. The van der Waals surface area contributed by atoms with E-state index in [2.05, 4.69) is 19.9 Å². The number of hydrogen-bond donors (Lipinski definition) is 1. The van der Waals surface area contributed by atoms with Crippen molar-refractivity contribution in [3.8, 4) is 0 Å². The van der Waals surface area contributed by atoms with Crippen LogP contribution in [0.5, 0.6) is 0 Å². The minimum atomic E-state index is -3.52. The van der Waals surface area contributed by atoms with Gasteiger partial charge in [-0.15, -0.1) is 0 Å². The third-order valence-electron chi connectivity index (χ3n) is 4.97. The van der Waals surface area contributed by atoms with Crippen molar-refractivity contribution in [3.63, 3.8) is 0 Å². The summed E-state index contributed by atoms with van der Waals surface area (Å²) in [5, 5.41) is 1.48. The van der Waals surface area contributed by atoms with Crippen molar-refractivity contribution in [3.05, 3.63) is 83.5 Å². The summed E-state index contributed by atoms with van der Waals surface area (Å²) in [5.41, 5.74) is 2.97. The fourth-order valence-corrected chi connectivity index (χ4v) is 6.91. The van der Waals surface area contributed by atoms with Crippen LogP contribution in [0.25, 0.3) is 0 Å². The quantitative estimate of drug-likeness (QED) is 0.841. The van der Waals surface area contributed by atoms with E-state index in [-0.39, 0.29) is 11.4 Å². The number of hydrogen-bond acceptors (Lipinski definition) is 2. The topological polar surface area (TPSA) is 37.3 Å². The average Bonchev–Trinajstić information content (AvgIpc) is 2.61. The summed E-state index contributed by atoms with van der Waals surface area (Å²) in [7, 11) is -3.52. The summed E-state index contributed by atoms with van der Waals surface area (Å²) in [4.78, 5) is 25.5. The van der Waals surface area contributed by atoms with E-state index in [0.29, 0.717) is 0 Å². The Balaban J connectivity index is 2.20. The van der Waals surface area contributed by atoms with Crippen molar-refractivity contribution in [2.45, 2.75) is 27.2 Å². The first kappa shape index (κ1) is 17.8. The molecule has 1 unspecified atom stereocenters. The zero-order valence-electron chi connectivity index (χ0n) is 15.0. The Morgan fingerprint density at radius 2 is 1.44 bits per heavy atom. The molecule has 0 fully saturated rings. The summed E-state index contributed by atoms with van der Waals surface area (Å²) >= 11 is 0. The molecule has 2 nitrogen and oxygen atoms in total. The van der Waals surface area contributed by atoms with Crippen molar-refractivity contribution in [1.29, 1.82) is 0 Å². The number of rotatable bonds is 4. The summed E-state index contributed by atoms with van der Waals surface area (Å²) in [6.45, 7) is 6.16. The minimum absolute atomic E-state index is 0.0846. The predicted octanol–water partition coefficient (Wildman–Crippen LogP) is 4.12. The maximum absolute atomic E-state index is 13.7. The second kappa shape index (κ2) is 7.07. The van der Waals surface area contributed by atoms with Crippen molar-refractivity contribution >= 4 is 23.6 Å². The van der Waals surface area contributed by atoms with Crippen LogP contribution >= 0.6 is 7.49 Å². The van der Waals surface area contributed by atoms with E-state index >= 15 is 0 Å². The third kappa shape index (κ3) is 3.25. The second-order valence-electron chi connectivity index (χ2n) is 6.96. The summed E-state index contributed by atoms with van der Waals surface area (Å²) in [6, 6.07) is 18.9. The van der Waals surface area contributed by atoms with Gasteiger partial charge < -0.3 is 0 Å². The van der Waals surface area contributed by atoms with E-state index in [1.165, 1.54) is 5.57 Å². The first-order valence-electron chi connectivity index (χ1n) is 8.70. The summed E-state index contributed by atoms with van der Waals surface area (Å²) in [5.74, 6) is 0.129. The van der Waals surface area contributed by atoms with Crippen LogP contribution < -0.4 is 10.6 Å². The van der Waals surface area contributed by atoms with Crippen LogP contribution in [0.1, 0.15) is 27.2 Å². The molecule has 25 heavy (non-hydrogen) atoms. The number of benzene rings is 2. The predicted molar refractivity (Wildman–Crippen MR) is 108 cm³/mol. The number of allylic oxidation sites excluding steroid dienone is 4. The molecule has 1 N–H and O–H groups in total. The molecule has 3 heteroatoms. The molecular formula is C22H25O2P. The van der Waals surface area contributed by atoms with Crippen LogP contribution in [0, 0.1) is 5.92 Å². The van der Waals surface area contributed by atoms with Gasteiger partial charge >= 0.3 is 150 Å². The van der Waals surface area contributed by atoms with Gasteiger partial charge in [0.15, 0.2) is 0 Å². The molecule has 0 spiro atoms. The van der Waals surface area contributed by atoms with Crippen LogP contribution in [0.2, 0.25) is 0 Å². The molecular weight excluding hydrogens is 327 g/mol. The SMILES string of the molecule is CC1=CC(C)=C(C(=O)[PH](O)(c2ccccc2)c2ccccc2)C(C)C1. The fourth-order valence-electron chi connectivity index (χ4n) is 3.87. The van der Waals surface area contributed by atoms with Crippen LogP contribution in [0.4, 0.5) is 0 Å². The van der Waals surface area contributed by atoms with Gasteiger partial charge in [0.1, 0.15) is 0 Å². The molecule has 3 rings (SSSR count). The monoisotopic (exact) mass is 352 g/mol. The molecule has 0 saturated carbocycles. The molecule has 1 aliphatic rings.